The number of methoxy groups -OCH3 is 1. The van der Waals surface area contributed by atoms with E-state index in [2.05, 4.69) is 15.9 Å². The summed E-state index contributed by atoms with van der Waals surface area (Å²) in [5.41, 5.74) is 1.82. The topological polar surface area (TPSA) is 70.4 Å². The molecule has 2 fully saturated rings. The molecule has 1 amide bonds. The summed E-state index contributed by atoms with van der Waals surface area (Å²) in [6.07, 6.45) is 4.18. The van der Waals surface area contributed by atoms with E-state index in [1.165, 1.54) is 16.2 Å². The molecule has 3 aromatic rings. The van der Waals surface area contributed by atoms with Gasteiger partial charge in [0.15, 0.2) is 0 Å². The van der Waals surface area contributed by atoms with E-state index in [-0.39, 0.29) is 11.5 Å². The van der Waals surface area contributed by atoms with Crippen molar-refractivity contribution in [3.8, 4) is 5.75 Å². The first-order valence-corrected chi connectivity index (χ1v) is 13.1. The Kier molecular flexibility index (Phi) is 6.97. The monoisotopic (exact) mass is 521 g/mol. The van der Waals surface area contributed by atoms with Gasteiger partial charge in [-0.2, -0.15) is 0 Å². The van der Waals surface area contributed by atoms with Crippen LogP contribution in [0, 0.1) is 0 Å². The number of benzene rings is 1. The quantitative estimate of drug-likeness (QED) is 0.360. The molecule has 0 bridgehead atoms. The minimum Gasteiger partial charge on any atom is -0.495 e. The number of nitrogens with zero attached hydrogens (tertiary/aromatic N) is 5. The molecule has 8 nitrogen and oxygen atoms in total. The first-order valence-electron chi connectivity index (χ1n) is 11.9. The third-order valence-electron chi connectivity index (χ3n) is 6.35. The smallest absolute Gasteiger partial charge is 0.267 e. The molecule has 36 heavy (non-hydrogen) atoms. The first-order chi connectivity index (χ1) is 17.5. The number of thiocarbonyl (C=S) groups is 1. The number of pyridine rings is 1. The van der Waals surface area contributed by atoms with Crippen LogP contribution in [0.5, 0.6) is 5.75 Å². The van der Waals surface area contributed by atoms with Crippen LogP contribution in [-0.2, 0) is 4.79 Å². The number of piperazine rings is 1. The highest BCUT2D eigenvalue weighted by molar-refractivity contribution is 8.26. The first kappa shape index (κ1) is 24.3. The normalized spacial score (nSPS) is 17.5. The van der Waals surface area contributed by atoms with E-state index < -0.39 is 0 Å². The van der Waals surface area contributed by atoms with Crippen molar-refractivity contribution in [2.45, 2.75) is 13.3 Å². The summed E-state index contributed by atoms with van der Waals surface area (Å²) < 4.78 is 7.59. The Bertz CT molecular complexity index is 1410. The zero-order valence-electron chi connectivity index (χ0n) is 20.2. The maximum atomic E-state index is 13.6. The molecular formula is C26H27N5O3S2. The summed E-state index contributed by atoms with van der Waals surface area (Å²) in [6, 6.07) is 13.5. The maximum absolute atomic E-state index is 13.6. The van der Waals surface area contributed by atoms with Gasteiger partial charge in [0.2, 0.25) is 0 Å². The molecule has 10 heteroatoms. The third-order valence-corrected chi connectivity index (χ3v) is 7.73. The largest absolute Gasteiger partial charge is 0.495 e. The van der Waals surface area contributed by atoms with E-state index in [4.69, 9.17) is 21.9 Å². The fourth-order valence-corrected chi connectivity index (χ4v) is 5.85. The van der Waals surface area contributed by atoms with Crippen LogP contribution in [0.2, 0.25) is 0 Å². The third kappa shape index (κ3) is 4.46. The SMILES string of the molecule is CCCN1C(=O)/C(=C/c2c(N3CCN(c4ccccc4OC)CC3)nc3ccccn3c2=O)SC1=S. The number of fused-ring (bicyclic) bond motifs is 1. The minimum atomic E-state index is -0.205. The molecule has 1 aromatic carbocycles. The van der Waals surface area contributed by atoms with E-state index in [1.807, 2.05) is 37.3 Å². The van der Waals surface area contributed by atoms with Crippen LogP contribution in [-0.4, -0.2) is 64.3 Å². The minimum absolute atomic E-state index is 0.156. The Morgan fingerprint density at radius 2 is 1.78 bits per heavy atom. The van der Waals surface area contributed by atoms with E-state index in [9.17, 15) is 9.59 Å². The maximum Gasteiger partial charge on any atom is 0.267 e. The molecule has 0 N–H and O–H groups in total. The van der Waals surface area contributed by atoms with Crippen LogP contribution in [0.1, 0.15) is 18.9 Å². The lowest BCUT2D eigenvalue weighted by Crippen LogP contribution is -2.47. The fraction of sp³-hybridized carbons (Fsp3) is 0.308. The molecule has 5 rings (SSSR count). The van der Waals surface area contributed by atoms with Crippen molar-refractivity contribution in [3.63, 3.8) is 0 Å². The lowest BCUT2D eigenvalue weighted by atomic mass is 10.2. The summed E-state index contributed by atoms with van der Waals surface area (Å²) in [5, 5.41) is 0. The van der Waals surface area contributed by atoms with Crippen molar-refractivity contribution in [2.24, 2.45) is 0 Å². The highest BCUT2D eigenvalue weighted by Gasteiger charge is 2.32. The zero-order valence-corrected chi connectivity index (χ0v) is 21.8. The van der Waals surface area contributed by atoms with Gasteiger partial charge in [-0.25, -0.2) is 4.98 Å². The van der Waals surface area contributed by atoms with Crippen LogP contribution < -0.4 is 20.1 Å². The summed E-state index contributed by atoms with van der Waals surface area (Å²) >= 11 is 6.67. The number of carbonyl (C=O) groups is 1. The molecule has 2 saturated heterocycles. The Balaban J connectivity index is 1.51. The standard InChI is InChI=1S/C26H27N5O3S2/c1-3-11-31-25(33)21(36-26(31)35)17-18-23(27-22-10-6-7-12-30(22)24(18)32)29-15-13-28(14-16-29)19-8-4-5-9-20(19)34-2/h4-10,12,17H,3,11,13-16H2,1-2H3/b21-17-. The number of amides is 1. The number of rotatable bonds is 6. The molecule has 186 valence electrons. The molecule has 0 spiro atoms. The average molecular weight is 522 g/mol. The van der Waals surface area contributed by atoms with Crippen molar-refractivity contribution in [1.29, 1.82) is 0 Å². The van der Waals surface area contributed by atoms with Gasteiger partial charge in [0, 0.05) is 38.9 Å². The second-order valence-corrected chi connectivity index (χ2v) is 10.2. The molecular weight excluding hydrogens is 494 g/mol. The molecule has 0 aliphatic carbocycles. The van der Waals surface area contributed by atoms with Gasteiger partial charge in [-0.05, 0) is 36.8 Å². The number of para-hydroxylation sites is 2. The van der Waals surface area contributed by atoms with Crippen LogP contribution in [0.3, 0.4) is 0 Å². The van der Waals surface area contributed by atoms with Crippen LogP contribution in [0.4, 0.5) is 11.5 Å². The Morgan fingerprint density at radius 3 is 2.53 bits per heavy atom. The highest BCUT2D eigenvalue weighted by atomic mass is 32.2. The van der Waals surface area contributed by atoms with E-state index in [0.717, 1.165) is 30.9 Å². The molecule has 0 unspecified atom stereocenters. The predicted molar refractivity (Wildman–Crippen MR) is 149 cm³/mol. The van der Waals surface area contributed by atoms with Gasteiger partial charge in [0.1, 0.15) is 21.5 Å². The van der Waals surface area contributed by atoms with Crippen LogP contribution >= 0.6 is 24.0 Å². The lowest BCUT2D eigenvalue weighted by molar-refractivity contribution is -0.122. The number of ether oxygens (including phenoxy) is 1. The van der Waals surface area contributed by atoms with Gasteiger partial charge >= 0.3 is 0 Å². The molecule has 0 atom stereocenters. The molecule has 0 radical (unpaired) electrons. The zero-order chi connectivity index (χ0) is 25.2. The number of hydrogen-bond acceptors (Lipinski definition) is 8. The van der Waals surface area contributed by atoms with Crippen molar-refractivity contribution < 1.29 is 9.53 Å². The van der Waals surface area contributed by atoms with Crippen molar-refractivity contribution in [3.05, 3.63) is 69.5 Å². The molecule has 2 aliphatic rings. The second-order valence-electron chi connectivity index (χ2n) is 8.56. The Hall–Kier alpha value is -3.37. The Labute approximate surface area is 219 Å². The Morgan fingerprint density at radius 1 is 1.06 bits per heavy atom. The van der Waals surface area contributed by atoms with Gasteiger partial charge < -0.3 is 14.5 Å². The number of anilines is 2. The van der Waals surface area contributed by atoms with Gasteiger partial charge in [-0.15, -0.1) is 0 Å². The van der Waals surface area contributed by atoms with Gasteiger partial charge in [-0.1, -0.05) is 49.1 Å². The molecule has 2 aromatic heterocycles. The second kappa shape index (κ2) is 10.3. The molecule has 2 aliphatic heterocycles. The van der Waals surface area contributed by atoms with Gasteiger partial charge in [-0.3, -0.25) is 18.9 Å². The predicted octanol–water partition coefficient (Wildman–Crippen LogP) is 3.64. The van der Waals surface area contributed by atoms with Crippen molar-refractivity contribution in [2.75, 3.05) is 49.6 Å². The van der Waals surface area contributed by atoms with E-state index in [1.54, 1.807) is 30.3 Å². The fourth-order valence-electron chi connectivity index (χ4n) is 4.56. The number of thioether (sulfide) groups is 1. The number of carbonyl (C=O) groups excluding carboxylic acids is 1. The average Bonchev–Trinajstić information content (AvgIpc) is 3.18. The van der Waals surface area contributed by atoms with Crippen molar-refractivity contribution in [1.82, 2.24) is 14.3 Å². The summed E-state index contributed by atoms with van der Waals surface area (Å²) in [4.78, 5) is 37.9. The highest BCUT2D eigenvalue weighted by Crippen LogP contribution is 2.34. The summed E-state index contributed by atoms with van der Waals surface area (Å²) in [6.45, 7) is 5.40. The number of hydrogen-bond donors (Lipinski definition) is 0. The number of aromatic nitrogens is 2. The van der Waals surface area contributed by atoms with Crippen molar-refractivity contribution >= 4 is 57.4 Å². The summed E-state index contributed by atoms with van der Waals surface area (Å²) in [5.74, 6) is 1.27. The molecule has 0 saturated carbocycles. The van der Waals surface area contributed by atoms with Crippen LogP contribution in [0.15, 0.2) is 58.4 Å². The van der Waals surface area contributed by atoms with Gasteiger partial charge in [0.25, 0.3) is 11.5 Å². The van der Waals surface area contributed by atoms with Crippen LogP contribution in [0.25, 0.3) is 11.7 Å². The van der Waals surface area contributed by atoms with Gasteiger partial charge in [0.05, 0.1) is 23.3 Å². The van der Waals surface area contributed by atoms with E-state index >= 15 is 0 Å². The lowest BCUT2D eigenvalue weighted by Gasteiger charge is -2.37. The summed E-state index contributed by atoms with van der Waals surface area (Å²) in [7, 11) is 1.68. The molecule has 4 heterocycles. The van der Waals surface area contributed by atoms with E-state index in [0.29, 0.717) is 45.9 Å².